The Kier molecular flexibility index (Phi) is 3.98. The highest BCUT2D eigenvalue weighted by Gasteiger charge is 2.33. The zero-order valence-electron chi connectivity index (χ0n) is 13.6. The van der Waals surface area contributed by atoms with Crippen LogP contribution in [0.5, 0.6) is 0 Å². The van der Waals surface area contributed by atoms with Crippen LogP contribution in [0.3, 0.4) is 0 Å². The number of hydrogen-bond donors (Lipinski definition) is 0. The van der Waals surface area contributed by atoms with Crippen LogP contribution in [0.4, 0.5) is 0 Å². The number of hydrogen-bond acceptors (Lipinski definition) is 4. The summed E-state index contributed by atoms with van der Waals surface area (Å²) in [7, 11) is 1.68. The monoisotopic (exact) mass is 312 g/mol. The number of rotatable bonds is 2. The number of pyridine rings is 1. The lowest BCUT2D eigenvalue weighted by atomic mass is 10.1. The molecule has 0 aromatic carbocycles. The van der Waals surface area contributed by atoms with Gasteiger partial charge in [0.1, 0.15) is 5.56 Å². The first-order valence-electron chi connectivity index (χ1n) is 7.75. The van der Waals surface area contributed by atoms with Gasteiger partial charge in [-0.1, -0.05) is 0 Å². The van der Waals surface area contributed by atoms with Crippen LogP contribution in [0.1, 0.15) is 46.3 Å². The van der Waals surface area contributed by atoms with Gasteiger partial charge in [0.25, 0.3) is 11.5 Å². The van der Waals surface area contributed by atoms with Crippen LogP contribution in [0.25, 0.3) is 0 Å². The molecule has 0 spiro atoms. The second-order valence-corrected chi connectivity index (χ2v) is 5.99. The highest BCUT2D eigenvalue weighted by molar-refractivity contribution is 5.94. The van der Waals surface area contributed by atoms with E-state index in [0.717, 1.165) is 29.9 Å². The van der Waals surface area contributed by atoms with Gasteiger partial charge in [0, 0.05) is 25.5 Å². The number of aryl methyl sites for hydroxylation is 2. The third-order valence-electron chi connectivity index (χ3n) is 4.41. The Morgan fingerprint density at radius 3 is 2.78 bits per heavy atom. The van der Waals surface area contributed by atoms with Crippen LogP contribution in [0.2, 0.25) is 0 Å². The number of aromatic nitrogens is 3. The van der Waals surface area contributed by atoms with Crippen LogP contribution in [-0.4, -0.2) is 31.9 Å². The van der Waals surface area contributed by atoms with Gasteiger partial charge >= 0.3 is 0 Å². The maximum atomic E-state index is 12.9. The molecule has 2 aromatic rings. The van der Waals surface area contributed by atoms with Crippen molar-refractivity contribution in [3.8, 4) is 0 Å². The van der Waals surface area contributed by atoms with Gasteiger partial charge in [-0.2, -0.15) is 0 Å². The Morgan fingerprint density at radius 2 is 2.04 bits per heavy atom. The van der Waals surface area contributed by atoms with E-state index in [0.29, 0.717) is 6.54 Å². The van der Waals surface area contributed by atoms with E-state index < -0.39 is 0 Å². The van der Waals surface area contributed by atoms with Gasteiger partial charge in [-0.15, -0.1) is 0 Å². The molecule has 2 aromatic heterocycles. The lowest BCUT2D eigenvalue weighted by molar-refractivity contribution is 0.0730. The quantitative estimate of drug-likeness (QED) is 0.847. The predicted molar refractivity (Wildman–Crippen MR) is 86.2 cm³/mol. The molecular formula is C17H20N4O2. The van der Waals surface area contributed by atoms with E-state index in [1.54, 1.807) is 36.5 Å². The second kappa shape index (κ2) is 5.95. The summed E-state index contributed by atoms with van der Waals surface area (Å²) < 4.78 is 1.50. The maximum Gasteiger partial charge on any atom is 0.263 e. The zero-order valence-corrected chi connectivity index (χ0v) is 13.6. The number of likely N-dealkylation sites (tertiary alicyclic amines) is 1. The van der Waals surface area contributed by atoms with E-state index in [1.807, 2.05) is 13.8 Å². The Labute approximate surface area is 134 Å². The average Bonchev–Trinajstić information content (AvgIpc) is 3.02. The van der Waals surface area contributed by atoms with Crippen LogP contribution < -0.4 is 5.56 Å². The highest BCUT2D eigenvalue weighted by atomic mass is 16.2. The van der Waals surface area contributed by atoms with Crippen molar-refractivity contribution in [1.29, 1.82) is 0 Å². The molecule has 0 bridgehead atoms. The molecule has 23 heavy (non-hydrogen) atoms. The van der Waals surface area contributed by atoms with E-state index >= 15 is 0 Å². The maximum absolute atomic E-state index is 12.9. The Hall–Kier alpha value is -2.50. The minimum atomic E-state index is -0.254. The van der Waals surface area contributed by atoms with Gasteiger partial charge < -0.3 is 9.47 Å². The van der Waals surface area contributed by atoms with Crippen LogP contribution in [0.15, 0.2) is 29.3 Å². The van der Waals surface area contributed by atoms with Crippen molar-refractivity contribution in [2.75, 3.05) is 6.54 Å². The van der Waals surface area contributed by atoms with Crippen molar-refractivity contribution in [2.45, 2.75) is 32.7 Å². The summed E-state index contributed by atoms with van der Waals surface area (Å²) in [6, 6.07) is 3.31. The van der Waals surface area contributed by atoms with E-state index in [9.17, 15) is 9.59 Å². The molecule has 1 atom stereocenters. The standard InChI is InChI=1S/C17H20N4O2/c1-11-9-18-10-14(19-11)15-5-4-8-21(15)17(23)13-7-6-12(2)20(3)16(13)22/h6-7,9-10,15H,4-5,8H2,1-3H3/t15-/m0/s1. The molecule has 0 radical (unpaired) electrons. The molecule has 120 valence electrons. The third kappa shape index (κ3) is 2.76. The van der Waals surface area contributed by atoms with Crippen molar-refractivity contribution in [2.24, 2.45) is 7.05 Å². The largest absolute Gasteiger partial charge is 0.330 e. The molecule has 1 aliphatic heterocycles. The van der Waals surface area contributed by atoms with Gasteiger partial charge in [-0.3, -0.25) is 19.6 Å². The Morgan fingerprint density at radius 1 is 1.26 bits per heavy atom. The lowest BCUT2D eigenvalue weighted by Gasteiger charge is -2.24. The van der Waals surface area contributed by atoms with Crippen LogP contribution >= 0.6 is 0 Å². The SMILES string of the molecule is Cc1cncc([C@@H]2CCCN2C(=O)c2ccc(C)n(C)c2=O)n1. The van der Waals surface area contributed by atoms with Crippen LogP contribution in [0, 0.1) is 13.8 Å². The Balaban J connectivity index is 1.96. The minimum Gasteiger partial charge on any atom is -0.330 e. The molecule has 6 nitrogen and oxygen atoms in total. The van der Waals surface area contributed by atoms with Gasteiger partial charge in [0.2, 0.25) is 0 Å². The summed E-state index contributed by atoms with van der Waals surface area (Å²) in [6.45, 7) is 4.36. The van der Waals surface area contributed by atoms with E-state index in [1.165, 1.54) is 4.57 Å². The first-order valence-corrected chi connectivity index (χ1v) is 7.75. The van der Waals surface area contributed by atoms with Crippen molar-refractivity contribution in [3.05, 3.63) is 57.5 Å². The summed E-state index contributed by atoms with van der Waals surface area (Å²) in [5.41, 5.74) is 2.41. The number of carbonyl (C=O) groups is 1. The molecule has 1 saturated heterocycles. The predicted octanol–water partition coefficient (Wildman–Crippen LogP) is 1.77. The summed E-state index contributed by atoms with van der Waals surface area (Å²) >= 11 is 0. The lowest BCUT2D eigenvalue weighted by Crippen LogP contribution is -2.36. The third-order valence-corrected chi connectivity index (χ3v) is 4.41. The molecule has 3 heterocycles. The molecule has 0 unspecified atom stereocenters. The van der Waals surface area contributed by atoms with E-state index in [-0.39, 0.29) is 23.1 Å². The van der Waals surface area contributed by atoms with E-state index in [2.05, 4.69) is 9.97 Å². The number of amides is 1. The van der Waals surface area contributed by atoms with Crippen molar-refractivity contribution in [1.82, 2.24) is 19.4 Å². The first kappa shape index (κ1) is 15.4. The normalized spacial score (nSPS) is 17.5. The smallest absolute Gasteiger partial charge is 0.263 e. The average molecular weight is 312 g/mol. The van der Waals surface area contributed by atoms with Crippen LogP contribution in [-0.2, 0) is 7.05 Å². The summed E-state index contributed by atoms with van der Waals surface area (Å²) in [5, 5.41) is 0. The van der Waals surface area contributed by atoms with Crippen molar-refractivity contribution in [3.63, 3.8) is 0 Å². The fourth-order valence-corrected chi connectivity index (χ4v) is 3.01. The van der Waals surface area contributed by atoms with Gasteiger partial charge in [-0.05, 0) is 38.8 Å². The van der Waals surface area contributed by atoms with Gasteiger partial charge in [0.05, 0.1) is 23.6 Å². The van der Waals surface area contributed by atoms with E-state index in [4.69, 9.17) is 0 Å². The Bertz CT molecular complexity index is 812. The second-order valence-electron chi connectivity index (χ2n) is 5.99. The summed E-state index contributed by atoms with van der Waals surface area (Å²) in [4.78, 5) is 35.7. The number of carbonyl (C=O) groups excluding carboxylic acids is 1. The molecular weight excluding hydrogens is 292 g/mol. The van der Waals surface area contributed by atoms with Crippen molar-refractivity contribution < 1.29 is 4.79 Å². The molecule has 0 N–H and O–H groups in total. The fourth-order valence-electron chi connectivity index (χ4n) is 3.01. The molecule has 6 heteroatoms. The van der Waals surface area contributed by atoms with Gasteiger partial charge in [0.15, 0.2) is 0 Å². The highest BCUT2D eigenvalue weighted by Crippen LogP contribution is 2.31. The summed E-state index contributed by atoms with van der Waals surface area (Å²) in [6.07, 6.45) is 5.14. The molecule has 1 amide bonds. The summed E-state index contributed by atoms with van der Waals surface area (Å²) in [5.74, 6) is -0.226. The van der Waals surface area contributed by atoms with Gasteiger partial charge in [-0.25, -0.2) is 0 Å². The molecule has 0 saturated carbocycles. The fraction of sp³-hybridized carbons (Fsp3) is 0.412. The zero-order chi connectivity index (χ0) is 16.6. The molecule has 1 fully saturated rings. The first-order chi connectivity index (χ1) is 11.0. The topological polar surface area (TPSA) is 68.1 Å². The molecule has 1 aliphatic rings. The number of nitrogens with zero attached hydrogens (tertiary/aromatic N) is 4. The molecule has 0 aliphatic carbocycles. The minimum absolute atomic E-state index is 0.110. The van der Waals surface area contributed by atoms with Crippen molar-refractivity contribution >= 4 is 5.91 Å². The molecule has 3 rings (SSSR count).